The molecule has 3 N–H and O–H groups in total. The van der Waals surface area contributed by atoms with Gasteiger partial charge in [-0.2, -0.15) is 0 Å². The van der Waals surface area contributed by atoms with Crippen molar-refractivity contribution in [2.24, 2.45) is 24.9 Å². The van der Waals surface area contributed by atoms with E-state index in [-0.39, 0.29) is 23.5 Å². The van der Waals surface area contributed by atoms with Gasteiger partial charge in [-0.15, -0.1) is 0 Å². The molecular formula is C44H55N7O5. The first-order valence-electron chi connectivity index (χ1n) is 20.2. The predicted octanol–water partition coefficient (Wildman–Crippen LogP) is 5.64. The van der Waals surface area contributed by atoms with Crippen LogP contribution in [0.15, 0.2) is 36.4 Å². The van der Waals surface area contributed by atoms with Gasteiger partial charge in [-0.25, -0.2) is 9.97 Å². The Bertz CT molecular complexity index is 2210. The highest BCUT2D eigenvalue weighted by Gasteiger charge is 2.57. The Balaban J connectivity index is 0.938. The zero-order chi connectivity index (χ0) is 39.5. The molecule has 12 heteroatoms. The Kier molecular flexibility index (Phi) is 10.0. The monoisotopic (exact) mass is 761 g/mol. The standard InChI is InChI=1S/C44H55N7O5/c1-27(52)23-51-20-13-36-35(25-51)45-39(48(36)4)38(53)22-30-8-6-9-31(28(30)2)32-10-7-11-33(29(32)3)47-41(54)40-46-34-24-50(19-12-37(34)49(40)5)21-18-43-14-16-44(26-43,17-15-43)42(55)56/h6-11,27,52H,12-26H2,1-5H3,(H,47,54)(H,55,56)/t27-,43?,44?/m0/s1. The van der Waals surface area contributed by atoms with Crippen LogP contribution < -0.4 is 5.32 Å². The minimum absolute atomic E-state index is 0.0306. The van der Waals surface area contributed by atoms with Crippen LogP contribution in [0.5, 0.6) is 0 Å². The van der Waals surface area contributed by atoms with Gasteiger partial charge in [-0.1, -0.05) is 30.3 Å². The van der Waals surface area contributed by atoms with E-state index in [1.54, 1.807) is 6.92 Å². The highest BCUT2D eigenvalue weighted by Crippen LogP contribution is 2.63. The SMILES string of the molecule is Cc1c(CC(=O)c2nc3c(n2C)CCN(C[C@H](C)O)C3)cccc1-c1cccc(NC(=O)c2nc3c(n2C)CCN(CCC24CCC(C(=O)O)(CC2)C4)C3)c1C. The van der Waals surface area contributed by atoms with Crippen LogP contribution in [-0.2, 0) is 51.2 Å². The summed E-state index contributed by atoms with van der Waals surface area (Å²) >= 11 is 0. The van der Waals surface area contributed by atoms with E-state index in [1.807, 2.05) is 61.3 Å². The fourth-order valence-electron chi connectivity index (χ4n) is 10.4. The lowest BCUT2D eigenvalue weighted by atomic mass is 9.80. The third-order valence-corrected chi connectivity index (χ3v) is 13.7. The van der Waals surface area contributed by atoms with Gasteiger partial charge in [0.1, 0.15) is 0 Å². The molecule has 296 valence electrons. The predicted molar refractivity (Wildman–Crippen MR) is 214 cm³/mol. The highest BCUT2D eigenvalue weighted by molar-refractivity contribution is 6.03. The van der Waals surface area contributed by atoms with Gasteiger partial charge in [0, 0.05) is 83.2 Å². The molecule has 0 unspecified atom stereocenters. The number of benzene rings is 2. The van der Waals surface area contributed by atoms with Crippen molar-refractivity contribution in [2.75, 3.05) is 31.5 Å². The highest BCUT2D eigenvalue weighted by atomic mass is 16.4. The normalized spacial score (nSPS) is 22.5. The number of rotatable bonds is 12. The Hall–Kier alpha value is -4.65. The molecule has 2 aliphatic carbocycles. The van der Waals surface area contributed by atoms with Crippen LogP contribution >= 0.6 is 0 Å². The summed E-state index contributed by atoms with van der Waals surface area (Å²) in [7, 11) is 3.84. The number of Topliss-reactive ketones (excluding diaryl/α,β-unsaturated/α-hetero) is 1. The maximum Gasteiger partial charge on any atom is 0.309 e. The second kappa shape index (κ2) is 14.7. The number of fused-ring (bicyclic) bond motifs is 4. The Morgan fingerprint density at radius 1 is 0.839 bits per heavy atom. The summed E-state index contributed by atoms with van der Waals surface area (Å²) in [6.45, 7) is 10.4. The molecule has 1 atom stereocenters. The number of carboxylic acids is 1. The van der Waals surface area contributed by atoms with E-state index in [4.69, 9.17) is 9.97 Å². The summed E-state index contributed by atoms with van der Waals surface area (Å²) in [6, 6.07) is 12.0. The largest absolute Gasteiger partial charge is 0.481 e. The summed E-state index contributed by atoms with van der Waals surface area (Å²) in [5, 5.41) is 22.9. The molecular weight excluding hydrogens is 707 g/mol. The van der Waals surface area contributed by atoms with Crippen molar-refractivity contribution in [3.63, 3.8) is 0 Å². The molecule has 0 spiro atoms. The number of aromatic nitrogens is 4. The molecule has 0 radical (unpaired) electrons. The maximum atomic E-state index is 13.8. The van der Waals surface area contributed by atoms with Crippen LogP contribution in [0.2, 0.25) is 0 Å². The number of carboxylic acid groups (broad SMARTS) is 1. The lowest BCUT2D eigenvalue weighted by Crippen LogP contribution is -2.36. The number of aliphatic hydroxyl groups is 1. The van der Waals surface area contributed by atoms with Gasteiger partial charge in [0.05, 0.1) is 22.9 Å². The van der Waals surface area contributed by atoms with Crippen molar-refractivity contribution < 1.29 is 24.6 Å². The smallest absolute Gasteiger partial charge is 0.309 e. The minimum Gasteiger partial charge on any atom is -0.481 e. The molecule has 4 aromatic rings. The number of hydrogen-bond acceptors (Lipinski definition) is 8. The number of amides is 1. The average molecular weight is 762 g/mol. The molecule has 0 saturated heterocycles. The molecule has 2 aromatic carbocycles. The molecule has 4 aliphatic rings. The molecule has 4 heterocycles. The molecule has 2 bridgehead atoms. The van der Waals surface area contributed by atoms with Crippen LogP contribution in [0, 0.1) is 24.7 Å². The van der Waals surface area contributed by atoms with Gasteiger partial charge in [0.15, 0.2) is 11.6 Å². The summed E-state index contributed by atoms with van der Waals surface area (Å²) in [4.78, 5) is 53.8. The number of hydrogen-bond donors (Lipinski definition) is 3. The first kappa shape index (κ1) is 38.2. The van der Waals surface area contributed by atoms with Crippen molar-refractivity contribution in [3.05, 3.63) is 87.5 Å². The summed E-state index contributed by atoms with van der Waals surface area (Å²) in [6.07, 6.45) is 6.88. The minimum atomic E-state index is -0.614. The van der Waals surface area contributed by atoms with Crippen LogP contribution in [0.3, 0.4) is 0 Å². The van der Waals surface area contributed by atoms with E-state index < -0.39 is 17.5 Å². The van der Waals surface area contributed by atoms with E-state index in [0.717, 1.165) is 122 Å². The van der Waals surface area contributed by atoms with Crippen LogP contribution in [-0.4, -0.2) is 89.1 Å². The lowest BCUT2D eigenvalue weighted by Gasteiger charge is -2.32. The van der Waals surface area contributed by atoms with Gasteiger partial charge in [-0.3, -0.25) is 24.2 Å². The number of imidazole rings is 2. The zero-order valence-corrected chi connectivity index (χ0v) is 33.5. The van der Waals surface area contributed by atoms with Gasteiger partial charge >= 0.3 is 5.97 Å². The van der Waals surface area contributed by atoms with Crippen molar-refractivity contribution in [1.29, 1.82) is 0 Å². The van der Waals surface area contributed by atoms with Gasteiger partial charge in [0.2, 0.25) is 5.78 Å². The van der Waals surface area contributed by atoms with Gasteiger partial charge in [0.25, 0.3) is 5.91 Å². The van der Waals surface area contributed by atoms with Crippen LogP contribution in [0.25, 0.3) is 11.1 Å². The number of anilines is 1. The number of carbonyl (C=O) groups is 3. The first-order valence-corrected chi connectivity index (χ1v) is 20.2. The van der Waals surface area contributed by atoms with E-state index in [0.29, 0.717) is 37.0 Å². The number of carbonyl (C=O) groups excluding carboxylic acids is 2. The van der Waals surface area contributed by atoms with E-state index >= 15 is 0 Å². The Morgan fingerprint density at radius 2 is 1.45 bits per heavy atom. The average Bonchev–Trinajstić information content (AvgIpc) is 3.92. The van der Waals surface area contributed by atoms with Gasteiger partial charge in [-0.05, 0) is 105 Å². The van der Waals surface area contributed by atoms with E-state index in [1.165, 1.54) is 0 Å². The molecule has 56 heavy (non-hydrogen) atoms. The van der Waals surface area contributed by atoms with Crippen molar-refractivity contribution >= 4 is 23.3 Å². The lowest BCUT2D eigenvalue weighted by molar-refractivity contribution is -0.148. The second-order valence-corrected chi connectivity index (χ2v) is 17.3. The van der Waals surface area contributed by atoms with Crippen molar-refractivity contribution in [2.45, 2.75) is 97.8 Å². The summed E-state index contributed by atoms with van der Waals surface area (Å²) in [5.74, 6) is -0.0403. The third-order valence-electron chi connectivity index (χ3n) is 13.7. The first-order chi connectivity index (χ1) is 26.8. The molecule has 8 rings (SSSR count). The molecule has 2 aliphatic heterocycles. The summed E-state index contributed by atoms with van der Waals surface area (Å²) < 4.78 is 3.88. The van der Waals surface area contributed by atoms with Crippen molar-refractivity contribution in [1.82, 2.24) is 28.9 Å². The molecule has 2 saturated carbocycles. The molecule has 2 aromatic heterocycles. The third kappa shape index (κ3) is 6.90. The number of aliphatic hydroxyl groups excluding tert-OH is 1. The molecule has 1 amide bonds. The van der Waals surface area contributed by atoms with Gasteiger partial charge < -0.3 is 24.7 Å². The second-order valence-electron chi connectivity index (χ2n) is 17.3. The van der Waals surface area contributed by atoms with E-state index in [2.05, 4.69) is 27.2 Å². The van der Waals surface area contributed by atoms with Crippen LogP contribution in [0.4, 0.5) is 5.69 Å². The van der Waals surface area contributed by atoms with Crippen LogP contribution in [0.1, 0.15) is 106 Å². The molecule has 2 fully saturated rings. The Morgan fingerprint density at radius 3 is 2.11 bits per heavy atom. The summed E-state index contributed by atoms with van der Waals surface area (Å²) in [5.41, 5.74) is 9.27. The number of nitrogens with one attached hydrogen (secondary N) is 1. The Labute approximate surface area is 328 Å². The fourth-order valence-corrected chi connectivity index (χ4v) is 10.4. The number of β-amino-alcohol motifs (C(OH)–C–C–N with tert-alkyl or cyclic N) is 1. The number of ketones is 1. The van der Waals surface area contributed by atoms with E-state index in [9.17, 15) is 24.6 Å². The number of aliphatic carboxylic acids is 1. The zero-order valence-electron chi connectivity index (χ0n) is 33.5. The quantitative estimate of drug-likeness (QED) is 0.156. The number of nitrogens with zero attached hydrogens (tertiary/aromatic N) is 6. The fraction of sp³-hybridized carbons (Fsp3) is 0.523. The van der Waals surface area contributed by atoms with Crippen molar-refractivity contribution in [3.8, 4) is 11.1 Å². The molecule has 12 nitrogen and oxygen atoms in total. The maximum absolute atomic E-state index is 13.8. The topological polar surface area (TPSA) is 146 Å².